The van der Waals surface area contributed by atoms with Crippen LogP contribution in [-0.2, 0) is 4.74 Å². The predicted octanol–water partition coefficient (Wildman–Crippen LogP) is 1.01. The number of aliphatic hydroxyl groups is 1. The summed E-state index contributed by atoms with van der Waals surface area (Å²) in [5.74, 6) is 0. The van der Waals surface area contributed by atoms with Crippen molar-refractivity contribution in [1.82, 2.24) is 4.98 Å². The first-order valence-electron chi connectivity index (χ1n) is 6.39. The third kappa shape index (κ3) is 2.11. The van der Waals surface area contributed by atoms with Crippen LogP contribution in [0.15, 0.2) is 30.5 Å². The number of aromatic nitrogens is 1. The van der Waals surface area contributed by atoms with Crippen LogP contribution in [0.4, 0.5) is 11.4 Å². The molecule has 1 aromatic carbocycles. The molecule has 0 spiro atoms. The van der Waals surface area contributed by atoms with Crippen LogP contribution in [-0.4, -0.2) is 42.5 Å². The minimum atomic E-state index is -0.0254. The molecule has 1 fully saturated rings. The van der Waals surface area contributed by atoms with Crippen molar-refractivity contribution in [2.45, 2.75) is 6.04 Å². The van der Waals surface area contributed by atoms with E-state index >= 15 is 0 Å². The Balaban J connectivity index is 2.11. The third-order valence-corrected chi connectivity index (χ3v) is 3.53. The molecule has 0 radical (unpaired) electrons. The summed E-state index contributed by atoms with van der Waals surface area (Å²) >= 11 is 0. The largest absolute Gasteiger partial charge is 0.398 e. The minimum absolute atomic E-state index is 0.0254. The summed E-state index contributed by atoms with van der Waals surface area (Å²) in [4.78, 5) is 6.59. The Hall–Kier alpha value is -1.85. The van der Waals surface area contributed by atoms with Gasteiger partial charge in [-0.05, 0) is 24.3 Å². The molecule has 5 heteroatoms. The number of pyridine rings is 1. The smallest absolute Gasteiger partial charge is 0.0956 e. The zero-order valence-corrected chi connectivity index (χ0v) is 10.6. The lowest BCUT2D eigenvalue weighted by atomic mass is 10.1. The fourth-order valence-corrected chi connectivity index (χ4v) is 2.53. The molecule has 3 rings (SSSR count). The second-order valence-corrected chi connectivity index (χ2v) is 4.68. The van der Waals surface area contributed by atoms with Gasteiger partial charge in [-0.15, -0.1) is 0 Å². The number of hydrogen-bond acceptors (Lipinski definition) is 5. The van der Waals surface area contributed by atoms with Crippen LogP contribution in [0.1, 0.15) is 0 Å². The highest BCUT2D eigenvalue weighted by Gasteiger charge is 2.24. The van der Waals surface area contributed by atoms with Crippen LogP contribution < -0.4 is 10.6 Å². The van der Waals surface area contributed by atoms with E-state index < -0.39 is 0 Å². The van der Waals surface area contributed by atoms with Gasteiger partial charge in [0.25, 0.3) is 0 Å². The van der Waals surface area contributed by atoms with Crippen LogP contribution in [0.3, 0.4) is 0 Å². The van der Waals surface area contributed by atoms with E-state index in [4.69, 9.17) is 10.5 Å². The van der Waals surface area contributed by atoms with Gasteiger partial charge in [-0.3, -0.25) is 4.98 Å². The molecular formula is C14H17N3O2. The molecule has 19 heavy (non-hydrogen) atoms. The monoisotopic (exact) mass is 259 g/mol. The van der Waals surface area contributed by atoms with Crippen LogP contribution in [0, 0.1) is 0 Å². The van der Waals surface area contributed by atoms with Crippen molar-refractivity contribution < 1.29 is 9.84 Å². The van der Waals surface area contributed by atoms with Crippen molar-refractivity contribution in [2.24, 2.45) is 0 Å². The van der Waals surface area contributed by atoms with Gasteiger partial charge >= 0.3 is 0 Å². The first-order valence-corrected chi connectivity index (χ1v) is 6.39. The van der Waals surface area contributed by atoms with E-state index in [0.29, 0.717) is 13.2 Å². The Kier molecular flexibility index (Phi) is 3.23. The topological polar surface area (TPSA) is 71.6 Å². The third-order valence-electron chi connectivity index (χ3n) is 3.53. The molecule has 3 N–H and O–H groups in total. The van der Waals surface area contributed by atoms with Crippen LogP contribution in [0.25, 0.3) is 10.9 Å². The highest BCUT2D eigenvalue weighted by Crippen LogP contribution is 2.31. The number of nitrogen functional groups attached to an aromatic ring is 1. The minimum Gasteiger partial charge on any atom is -0.398 e. The van der Waals surface area contributed by atoms with Crippen molar-refractivity contribution in [3.8, 4) is 0 Å². The molecule has 0 saturated carbocycles. The van der Waals surface area contributed by atoms with E-state index in [9.17, 15) is 5.11 Å². The van der Waals surface area contributed by atoms with Gasteiger partial charge in [0, 0.05) is 23.8 Å². The van der Waals surface area contributed by atoms with Crippen molar-refractivity contribution >= 4 is 22.3 Å². The highest BCUT2D eigenvalue weighted by atomic mass is 16.5. The maximum Gasteiger partial charge on any atom is 0.0956 e. The summed E-state index contributed by atoms with van der Waals surface area (Å²) < 4.78 is 5.41. The molecule has 2 aromatic rings. The summed E-state index contributed by atoms with van der Waals surface area (Å²) in [6.07, 6.45) is 1.76. The lowest BCUT2D eigenvalue weighted by Crippen LogP contribution is -2.47. The van der Waals surface area contributed by atoms with Gasteiger partial charge in [0.1, 0.15) is 0 Å². The van der Waals surface area contributed by atoms with Crippen LogP contribution in [0.2, 0.25) is 0 Å². The molecule has 2 heterocycles. The van der Waals surface area contributed by atoms with Crippen LogP contribution in [0.5, 0.6) is 0 Å². The number of morpholine rings is 1. The second kappa shape index (κ2) is 5.03. The van der Waals surface area contributed by atoms with Gasteiger partial charge in [0.05, 0.1) is 37.1 Å². The number of ether oxygens (including phenoxy) is 1. The molecule has 1 saturated heterocycles. The van der Waals surface area contributed by atoms with E-state index in [-0.39, 0.29) is 12.6 Å². The van der Waals surface area contributed by atoms with Gasteiger partial charge in [0.2, 0.25) is 0 Å². The molecule has 0 aliphatic carbocycles. The zero-order chi connectivity index (χ0) is 13.2. The summed E-state index contributed by atoms with van der Waals surface area (Å²) in [6, 6.07) is 7.69. The summed E-state index contributed by atoms with van der Waals surface area (Å²) in [5, 5.41) is 10.4. The quantitative estimate of drug-likeness (QED) is 0.788. The van der Waals surface area contributed by atoms with E-state index in [2.05, 4.69) is 9.88 Å². The summed E-state index contributed by atoms with van der Waals surface area (Å²) in [6.45, 7) is 2.02. The molecule has 1 aliphatic heterocycles. The van der Waals surface area contributed by atoms with E-state index in [1.807, 2.05) is 24.3 Å². The Bertz CT molecular complexity index is 588. The normalized spacial score (nSPS) is 19.8. The maximum atomic E-state index is 9.48. The van der Waals surface area contributed by atoms with Crippen LogP contribution >= 0.6 is 0 Å². The van der Waals surface area contributed by atoms with Crippen molar-refractivity contribution in [3.63, 3.8) is 0 Å². The van der Waals surface area contributed by atoms with Gasteiger partial charge in [-0.25, -0.2) is 0 Å². The number of hydrogen-bond donors (Lipinski definition) is 2. The zero-order valence-electron chi connectivity index (χ0n) is 10.6. The second-order valence-electron chi connectivity index (χ2n) is 4.68. The average molecular weight is 259 g/mol. The standard InChI is InChI=1S/C14H17N3O2/c15-12-3-4-13(14-11(12)2-1-5-16-14)17-6-7-19-9-10(17)8-18/h1-5,10,18H,6-9,15H2. The lowest BCUT2D eigenvalue weighted by molar-refractivity contribution is 0.0728. The number of aliphatic hydroxyl groups excluding tert-OH is 1. The highest BCUT2D eigenvalue weighted by molar-refractivity contribution is 5.98. The van der Waals surface area contributed by atoms with Gasteiger partial charge in [-0.2, -0.15) is 0 Å². The number of fused-ring (bicyclic) bond motifs is 1. The molecule has 1 aromatic heterocycles. The summed E-state index contributed by atoms with van der Waals surface area (Å²) in [7, 11) is 0. The molecule has 0 bridgehead atoms. The van der Waals surface area contributed by atoms with E-state index in [1.165, 1.54) is 0 Å². The van der Waals surface area contributed by atoms with Crippen molar-refractivity contribution in [2.75, 3.05) is 37.0 Å². The molecule has 5 nitrogen and oxygen atoms in total. The van der Waals surface area contributed by atoms with Crippen molar-refractivity contribution in [1.29, 1.82) is 0 Å². The van der Waals surface area contributed by atoms with E-state index in [1.54, 1.807) is 6.20 Å². The SMILES string of the molecule is Nc1ccc(N2CCOCC2CO)c2ncccc12. The maximum absolute atomic E-state index is 9.48. The van der Waals surface area contributed by atoms with Gasteiger partial charge in [-0.1, -0.05) is 0 Å². The molecule has 100 valence electrons. The Morgan fingerprint density at radius 1 is 1.42 bits per heavy atom. The predicted molar refractivity (Wildman–Crippen MR) is 75.2 cm³/mol. The fourth-order valence-electron chi connectivity index (χ4n) is 2.53. The molecule has 0 amide bonds. The first-order chi connectivity index (χ1) is 9.31. The number of anilines is 2. The molecule has 1 atom stereocenters. The number of benzene rings is 1. The Morgan fingerprint density at radius 2 is 2.32 bits per heavy atom. The summed E-state index contributed by atoms with van der Waals surface area (Å²) in [5.41, 5.74) is 8.60. The number of nitrogens with two attached hydrogens (primary N) is 1. The Labute approximate surface area is 111 Å². The molecule has 1 unspecified atom stereocenters. The lowest BCUT2D eigenvalue weighted by Gasteiger charge is -2.36. The fraction of sp³-hybridized carbons (Fsp3) is 0.357. The first kappa shape index (κ1) is 12.2. The Morgan fingerprint density at radius 3 is 3.16 bits per heavy atom. The molecule has 1 aliphatic rings. The number of nitrogens with zero attached hydrogens (tertiary/aromatic N) is 2. The van der Waals surface area contributed by atoms with Gasteiger partial charge < -0.3 is 20.5 Å². The average Bonchev–Trinajstić information content (AvgIpc) is 2.48. The molecular weight excluding hydrogens is 242 g/mol. The van der Waals surface area contributed by atoms with E-state index in [0.717, 1.165) is 28.8 Å². The van der Waals surface area contributed by atoms with Gasteiger partial charge in [0.15, 0.2) is 0 Å². The van der Waals surface area contributed by atoms with Crippen molar-refractivity contribution in [3.05, 3.63) is 30.5 Å². The number of rotatable bonds is 2.